The van der Waals surface area contributed by atoms with Gasteiger partial charge in [-0.25, -0.2) is 4.79 Å². The molecular formula is C16H20O4. The number of aliphatic hydroxyl groups excluding tert-OH is 1. The lowest BCUT2D eigenvalue weighted by atomic mass is 9.95. The van der Waals surface area contributed by atoms with E-state index in [-0.39, 0.29) is 23.9 Å². The van der Waals surface area contributed by atoms with Crippen LogP contribution < -0.4 is 0 Å². The molecule has 0 aromatic heterocycles. The fourth-order valence-electron chi connectivity index (χ4n) is 1.94. The van der Waals surface area contributed by atoms with Gasteiger partial charge >= 0.3 is 5.97 Å². The average Bonchev–Trinajstić information content (AvgIpc) is 2.39. The maximum absolute atomic E-state index is 11.7. The van der Waals surface area contributed by atoms with E-state index in [1.807, 2.05) is 30.3 Å². The molecule has 0 saturated heterocycles. The Kier molecular flexibility index (Phi) is 5.97. The van der Waals surface area contributed by atoms with Crippen LogP contribution in [0.1, 0.15) is 26.3 Å². The molecule has 1 aromatic rings. The molecule has 0 radical (unpaired) electrons. The number of allylic oxidation sites excluding steroid dienone is 1. The second-order valence-electron chi connectivity index (χ2n) is 4.63. The summed E-state index contributed by atoms with van der Waals surface area (Å²) in [6.07, 6.45) is 0.545. The van der Waals surface area contributed by atoms with Crippen molar-refractivity contribution in [3.05, 3.63) is 47.2 Å². The molecule has 0 amide bonds. The van der Waals surface area contributed by atoms with E-state index in [0.717, 1.165) is 5.56 Å². The van der Waals surface area contributed by atoms with Crippen LogP contribution in [0.15, 0.2) is 41.7 Å². The molecule has 0 aliphatic rings. The van der Waals surface area contributed by atoms with E-state index >= 15 is 0 Å². The highest BCUT2D eigenvalue weighted by atomic mass is 16.5. The monoisotopic (exact) mass is 276 g/mol. The van der Waals surface area contributed by atoms with Crippen molar-refractivity contribution in [3.63, 3.8) is 0 Å². The van der Waals surface area contributed by atoms with Crippen molar-refractivity contribution in [1.82, 2.24) is 0 Å². The van der Waals surface area contributed by atoms with Gasteiger partial charge in [0.25, 0.3) is 0 Å². The molecule has 0 aliphatic heterocycles. The summed E-state index contributed by atoms with van der Waals surface area (Å²) in [5, 5.41) is 10.2. The Labute approximate surface area is 119 Å². The maximum Gasteiger partial charge on any atom is 0.345 e. The third-order valence-corrected chi connectivity index (χ3v) is 2.94. The van der Waals surface area contributed by atoms with Crippen LogP contribution in [0.5, 0.6) is 0 Å². The van der Waals surface area contributed by atoms with Crippen molar-refractivity contribution in [2.24, 2.45) is 5.92 Å². The minimum absolute atomic E-state index is 0.163. The number of ether oxygens (including phenoxy) is 1. The van der Waals surface area contributed by atoms with Crippen LogP contribution in [0.3, 0.4) is 0 Å². The van der Waals surface area contributed by atoms with Gasteiger partial charge in [0, 0.05) is 5.92 Å². The minimum atomic E-state index is -0.766. The van der Waals surface area contributed by atoms with Crippen LogP contribution in [-0.2, 0) is 20.7 Å². The van der Waals surface area contributed by atoms with Crippen LogP contribution in [0, 0.1) is 5.92 Å². The SMILES string of the molecule is CCOC(=O)/C(C(C)=O)=C(/O)C(C)Cc1ccccc1. The van der Waals surface area contributed by atoms with Gasteiger partial charge in [0.05, 0.1) is 6.61 Å². The topological polar surface area (TPSA) is 63.6 Å². The van der Waals surface area contributed by atoms with E-state index in [0.29, 0.717) is 6.42 Å². The van der Waals surface area contributed by atoms with Crippen LogP contribution in [0.2, 0.25) is 0 Å². The van der Waals surface area contributed by atoms with Gasteiger partial charge in [-0.2, -0.15) is 0 Å². The zero-order chi connectivity index (χ0) is 15.1. The lowest BCUT2D eigenvalue weighted by Crippen LogP contribution is -2.19. The van der Waals surface area contributed by atoms with Crippen LogP contribution in [0.25, 0.3) is 0 Å². The van der Waals surface area contributed by atoms with Crippen LogP contribution in [0.4, 0.5) is 0 Å². The Morgan fingerprint density at radius 3 is 2.35 bits per heavy atom. The van der Waals surface area contributed by atoms with Crippen LogP contribution in [-0.4, -0.2) is 23.5 Å². The summed E-state index contributed by atoms with van der Waals surface area (Å²) in [4.78, 5) is 23.3. The summed E-state index contributed by atoms with van der Waals surface area (Å²) < 4.78 is 4.81. The fourth-order valence-corrected chi connectivity index (χ4v) is 1.94. The first-order chi connectivity index (χ1) is 9.47. The summed E-state index contributed by atoms with van der Waals surface area (Å²) in [5.74, 6) is -1.79. The highest BCUT2D eigenvalue weighted by Crippen LogP contribution is 2.19. The van der Waals surface area contributed by atoms with Gasteiger partial charge in [-0.1, -0.05) is 37.3 Å². The van der Waals surface area contributed by atoms with Crippen molar-refractivity contribution in [2.45, 2.75) is 27.2 Å². The Bertz CT molecular complexity index is 502. The lowest BCUT2D eigenvalue weighted by molar-refractivity contribution is -0.140. The first-order valence-corrected chi connectivity index (χ1v) is 6.62. The summed E-state index contributed by atoms with van der Waals surface area (Å²) in [6, 6.07) is 9.58. The molecule has 1 unspecified atom stereocenters. The molecule has 20 heavy (non-hydrogen) atoms. The van der Waals surface area contributed by atoms with E-state index in [1.54, 1.807) is 13.8 Å². The number of rotatable bonds is 6. The molecule has 108 valence electrons. The molecule has 0 aliphatic carbocycles. The molecule has 1 atom stereocenters. The smallest absolute Gasteiger partial charge is 0.345 e. The number of hydrogen-bond donors (Lipinski definition) is 1. The Morgan fingerprint density at radius 1 is 1.25 bits per heavy atom. The number of aliphatic hydroxyl groups is 1. The Hall–Kier alpha value is -2.10. The second-order valence-corrected chi connectivity index (χ2v) is 4.63. The van der Waals surface area contributed by atoms with Gasteiger partial charge in [0.15, 0.2) is 5.78 Å². The van der Waals surface area contributed by atoms with E-state index < -0.39 is 11.8 Å². The van der Waals surface area contributed by atoms with Gasteiger partial charge in [0.1, 0.15) is 11.3 Å². The zero-order valence-corrected chi connectivity index (χ0v) is 12.1. The summed E-state index contributed by atoms with van der Waals surface area (Å²) in [6.45, 7) is 4.83. The lowest BCUT2D eigenvalue weighted by Gasteiger charge is -2.14. The number of carbonyl (C=O) groups excluding carboxylic acids is 2. The minimum Gasteiger partial charge on any atom is -0.511 e. The highest BCUT2D eigenvalue weighted by molar-refractivity contribution is 6.16. The fraction of sp³-hybridized carbons (Fsp3) is 0.375. The number of carbonyl (C=O) groups is 2. The number of ketones is 1. The van der Waals surface area contributed by atoms with Gasteiger partial charge in [0.2, 0.25) is 0 Å². The van der Waals surface area contributed by atoms with E-state index in [2.05, 4.69) is 0 Å². The highest BCUT2D eigenvalue weighted by Gasteiger charge is 2.24. The third kappa shape index (κ3) is 4.23. The van der Waals surface area contributed by atoms with Crippen molar-refractivity contribution in [1.29, 1.82) is 0 Å². The average molecular weight is 276 g/mol. The molecule has 1 N–H and O–H groups in total. The number of hydrogen-bond acceptors (Lipinski definition) is 4. The number of esters is 1. The molecule has 4 heteroatoms. The molecule has 0 saturated carbocycles. The van der Waals surface area contributed by atoms with Crippen molar-refractivity contribution < 1.29 is 19.4 Å². The molecule has 0 heterocycles. The summed E-state index contributed by atoms with van der Waals surface area (Å²) >= 11 is 0. The third-order valence-electron chi connectivity index (χ3n) is 2.94. The predicted octanol–water partition coefficient (Wildman–Crippen LogP) is 2.83. The molecule has 1 rings (SSSR count). The van der Waals surface area contributed by atoms with Crippen molar-refractivity contribution in [2.75, 3.05) is 6.61 Å². The molecule has 0 bridgehead atoms. The largest absolute Gasteiger partial charge is 0.511 e. The number of benzene rings is 1. The van der Waals surface area contributed by atoms with Gasteiger partial charge in [-0.3, -0.25) is 4.79 Å². The quantitative estimate of drug-likeness (QED) is 0.285. The van der Waals surface area contributed by atoms with Gasteiger partial charge in [-0.05, 0) is 25.8 Å². The Morgan fingerprint density at radius 2 is 1.85 bits per heavy atom. The molecule has 4 nitrogen and oxygen atoms in total. The van der Waals surface area contributed by atoms with Crippen LogP contribution >= 0.6 is 0 Å². The number of Topliss-reactive ketones (excluding diaryl/α,β-unsaturated/α-hetero) is 1. The molecule has 1 aromatic carbocycles. The molecule has 0 spiro atoms. The standard InChI is InChI=1S/C16H20O4/c1-4-20-16(19)14(12(3)17)15(18)11(2)10-13-8-6-5-7-9-13/h5-9,11,18H,4,10H2,1-3H3/b15-14+. The van der Waals surface area contributed by atoms with Gasteiger partial charge < -0.3 is 9.84 Å². The Balaban J connectivity index is 2.97. The van der Waals surface area contributed by atoms with Crippen molar-refractivity contribution in [3.8, 4) is 0 Å². The normalized spacial score (nSPS) is 13.3. The summed E-state index contributed by atoms with van der Waals surface area (Å²) in [7, 11) is 0. The van der Waals surface area contributed by atoms with Gasteiger partial charge in [-0.15, -0.1) is 0 Å². The zero-order valence-electron chi connectivity index (χ0n) is 12.1. The predicted molar refractivity (Wildman–Crippen MR) is 76.3 cm³/mol. The molecular weight excluding hydrogens is 256 g/mol. The van der Waals surface area contributed by atoms with E-state index in [9.17, 15) is 14.7 Å². The summed E-state index contributed by atoms with van der Waals surface area (Å²) in [5.41, 5.74) is 0.772. The second kappa shape index (κ2) is 7.48. The van der Waals surface area contributed by atoms with E-state index in [4.69, 9.17) is 4.74 Å². The first kappa shape index (κ1) is 16.0. The first-order valence-electron chi connectivity index (χ1n) is 6.62. The maximum atomic E-state index is 11.7. The molecule has 0 fully saturated rings. The van der Waals surface area contributed by atoms with Crippen molar-refractivity contribution >= 4 is 11.8 Å². The van der Waals surface area contributed by atoms with E-state index in [1.165, 1.54) is 6.92 Å².